The lowest BCUT2D eigenvalue weighted by Gasteiger charge is -2.26. The van der Waals surface area contributed by atoms with Gasteiger partial charge in [0.25, 0.3) is 0 Å². The van der Waals surface area contributed by atoms with Gasteiger partial charge in [-0.15, -0.1) is 11.3 Å². The van der Waals surface area contributed by atoms with Crippen LogP contribution in [-0.4, -0.2) is 42.7 Å². The van der Waals surface area contributed by atoms with Gasteiger partial charge in [-0.05, 0) is 37.7 Å². The van der Waals surface area contributed by atoms with E-state index in [1.807, 2.05) is 17.7 Å². The lowest BCUT2D eigenvalue weighted by atomic mass is 9.97. The summed E-state index contributed by atoms with van der Waals surface area (Å²) in [5.41, 5.74) is 7.98. The van der Waals surface area contributed by atoms with E-state index >= 15 is 0 Å². The Bertz CT molecular complexity index is 693. The van der Waals surface area contributed by atoms with Crippen LogP contribution >= 0.6 is 11.3 Å². The van der Waals surface area contributed by atoms with Gasteiger partial charge in [-0.1, -0.05) is 4.98 Å². The first-order valence-corrected chi connectivity index (χ1v) is 9.53. The Morgan fingerprint density at radius 1 is 1.26 bits per heavy atom. The number of morpholine rings is 1. The number of thiophene rings is 1. The Morgan fingerprint density at radius 2 is 2.09 bits per heavy atom. The zero-order valence-corrected chi connectivity index (χ0v) is 14.4. The highest BCUT2D eigenvalue weighted by Gasteiger charge is 2.23. The standard InChI is InChI=1S/C17H24N4OS/c18-16-15-13-4-1-2-5-14(13)23-17(15)19-12-21(16)7-3-6-20-8-10-22-11-9-20/h12,18H,1-11H2/p+1. The van der Waals surface area contributed by atoms with E-state index in [1.54, 1.807) is 0 Å². The van der Waals surface area contributed by atoms with Crippen molar-refractivity contribution in [3.05, 3.63) is 16.8 Å². The first-order chi connectivity index (χ1) is 11.3. The molecular formula is C17H25N4OS+. The number of anilines is 1. The Kier molecular flexibility index (Phi) is 4.46. The summed E-state index contributed by atoms with van der Waals surface area (Å²) in [5.74, 6) is 0.913. The molecule has 1 saturated heterocycles. The maximum absolute atomic E-state index is 6.50. The molecule has 0 bridgehead atoms. The summed E-state index contributed by atoms with van der Waals surface area (Å²) < 4.78 is 7.54. The van der Waals surface area contributed by atoms with Crippen molar-refractivity contribution >= 4 is 27.4 Å². The molecule has 2 aromatic heterocycles. The fourth-order valence-electron chi connectivity index (χ4n) is 3.70. The number of aromatic nitrogens is 2. The number of hydrogen-bond acceptors (Lipinski definition) is 5. The third-order valence-corrected chi connectivity index (χ3v) is 6.21. The second-order valence-electron chi connectivity index (χ2n) is 6.52. The van der Waals surface area contributed by atoms with Crippen molar-refractivity contribution in [2.24, 2.45) is 0 Å². The van der Waals surface area contributed by atoms with Crippen LogP contribution in [0.15, 0.2) is 6.33 Å². The largest absolute Gasteiger partial charge is 0.379 e. The molecule has 0 saturated carbocycles. The van der Waals surface area contributed by atoms with Gasteiger partial charge in [0.1, 0.15) is 5.39 Å². The Labute approximate surface area is 141 Å². The summed E-state index contributed by atoms with van der Waals surface area (Å²) in [6.45, 7) is 5.88. The van der Waals surface area contributed by atoms with Crippen LogP contribution in [0.5, 0.6) is 0 Å². The molecule has 2 aromatic rings. The number of rotatable bonds is 4. The Balaban J connectivity index is 1.50. The average Bonchev–Trinajstić information content (AvgIpc) is 2.97. The van der Waals surface area contributed by atoms with Gasteiger partial charge in [0.05, 0.1) is 19.8 Å². The number of hydrogen-bond donors (Lipinski definition) is 1. The SMILES string of the molecule is Nc1c2c3c(sc2nc[n+]1CCCN1CCOCC1)CCCC3. The van der Waals surface area contributed by atoms with E-state index in [0.29, 0.717) is 0 Å². The minimum Gasteiger partial charge on any atom is -0.379 e. The number of fused-ring (bicyclic) bond motifs is 3. The summed E-state index contributed by atoms with van der Waals surface area (Å²) in [7, 11) is 0. The number of nitrogen functional groups attached to an aromatic ring is 1. The molecular weight excluding hydrogens is 308 g/mol. The highest BCUT2D eigenvalue weighted by atomic mass is 32.1. The highest BCUT2D eigenvalue weighted by Crippen LogP contribution is 2.36. The van der Waals surface area contributed by atoms with Crippen molar-refractivity contribution in [3.8, 4) is 0 Å². The van der Waals surface area contributed by atoms with E-state index in [1.165, 1.54) is 41.5 Å². The summed E-state index contributed by atoms with van der Waals surface area (Å²) in [6.07, 6.45) is 7.99. The first-order valence-electron chi connectivity index (χ1n) is 8.71. The second-order valence-corrected chi connectivity index (χ2v) is 7.61. The predicted octanol–water partition coefficient (Wildman–Crippen LogP) is 1.77. The van der Waals surface area contributed by atoms with Crippen LogP contribution in [-0.2, 0) is 24.1 Å². The van der Waals surface area contributed by atoms with Crippen LogP contribution < -0.4 is 10.3 Å². The molecule has 5 nitrogen and oxygen atoms in total. The molecule has 4 rings (SSSR count). The maximum atomic E-state index is 6.50. The smallest absolute Gasteiger partial charge is 0.231 e. The van der Waals surface area contributed by atoms with Gasteiger partial charge in [0, 0.05) is 24.5 Å². The van der Waals surface area contributed by atoms with Gasteiger partial charge in [-0.3, -0.25) is 4.90 Å². The van der Waals surface area contributed by atoms with Gasteiger partial charge in [-0.2, -0.15) is 0 Å². The topological polar surface area (TPSA) is 55.3 Å². The number of ether oxygens (including phenoxy) is 1. The molecule has 1 aliphatic heterocycles. The quantitative estimate of drug-likeness (QED) is 0.867. The van der Waals surface area contributed by atoms with Crippen LogP contribution in [0, 0.1) is 0 Å². The predicted molar refractivity (Wildman–Crippen MR) is 92.7 cm³/mol. The van der Waals surface area contributed by atoms with E-state index < -0.39 is 0 Å². The molecule has 0 unspecified atom stereocenters. The molecule has 124 valence electrons. The van der Waals surface area contributed by atoms with Gasteiger partial charge >= 0.3 is 0 Å². The first kappa shape index (κ1) is 15.3. The summed E-state index contributed by atoms with van der Waals surface area (Å²) in [5, 5.41) is 1.23. The van der Waals surface area contributed by atoms with Gasteiger partial charge in [0.2, 0.25) is 17.0 Å². The number of aryl methyl sites for hydroxylation is 3. The zero-order valence-electron chi connectivity index (χ0n) is 13.6. The molecule has 23 heavy (non-hydrogen) atoms. The minimum atomic E-state index is 0.865. The number of nitrogens with zero attached hydrogens (tertiary/aromatic N) is 3. The van der Waals surface area contributed by atoms with Crippen LogP contribution in [0.25, 0.3) is 10.2 Å². The van der Waals surface area contributed by atoms with Crippen molar-refractivity contribution in [2.75, 3.05) is 38.6 Å². The molecule has 0 aromatic carbocycles. The van der Waals surface area contributed by atoms with E-state index in [-0.39, 0.29) is 0 Å². The average molecular weight is 333 g/mol. The normalized spacial score (nSPS) is 19.1. The fourth-order valence-corrected chi connectivity index (χ4v) is 4.94. The van der Waals surface area contributed by atoms with Crippen molar-refractivity contribution in [3.63, 3.8) is 0 Å². The fraction of sp³-hybridized carbons (Fsp3) is 0.647. The Morgan fingerprint density at radius 3 is 2.96 bits per heavy atom. The van der Waals surface area contributed by atoms with Crippen molar-refractivity contribution in [1.82, 2.24) is 9.88 Å². The lowest BCUT2D eigenvalue weighted by molar-refractivity contribution is -0.684. The number of nitrogens with two attached hydrogens (primary N) is 1. The van der Waals surface area contributed by atoms with Gasteiger partial charge < -0.3 is 10.5 Å². The van der Waals surface area contributed by atoms with Crippen molar-refractivity contribution in [2.45, 2.75) is 38.6 Å². The van der Waals surface area contributed by atoms with Crippen molar-refractivity contribution in [1.29, 1.82) is 0 Å². The summed E-state index contributed by atoms with van der Waals surface area (Å²) in [6, 6.07) is 0. The van der Waals surface area contributed by atoms with Crippen LogP contribution in [0.3, 0.4) is 0 Å². The maximum Gasteiger partial charge on any atom is 0.231 e. The minimum absolute atomic E-state index is 0.865. The van der Waals surface area contributed by atoms with E-state index in [0.717, 1.165) is 56.5 Å². The molecule has 2 N–H and O–H groups in total. The van der Waals surface area contributed by atoms with E-state index in [2.05, 4.69) is 14.5 Å². The zero-order chi connectivity index (χ0) is 15.6. The third kappa shape index (κ3) is 3.07. The molecule has 0 atom stereocenters. The van der Waals surface area contributed by atoms with Gasteiger partial charge in [0.15, 0.2) is 0 Å². The molecule has 3 heterocycles. The summed E-state index contributed by atoms with van der Waals surface area (Å²) >= 11 is 1.84. The monoisotopic (exact) mass is 333 g/mol. The molecule has 0 amide bonds. The van der Waals surface area contributed by atoms with Gasteiger partial charge in [-0.25, -0.2) is 4.57 Å². The lowest BCUT2D eigenvalue weighted by Crippen LogP contribution is -2.41. The molecule has 2 aliphatic rings. The van der Waals surface area contributed by atoms with Crippen LogP contribution in [0.2, 0.25) is 0 Å². The summed E-state index contributed by atoms with van der Waals surface area (Å²) in [4.78, 5) is 9.79. The molecule has 0 spiro atoms. The molecule has 0 radical (unpaired) electrons. The highest BCUT2D eigenvalue weighted by molar-refractivity contribution is 7.18. The van der Waals surface area contributed by atoms with E-state index in [9.17, 15) is 0 Å². The van der Waals surface area contributed by atoms with Crippen LogP contribution in [0.1, 0.15) is 29.7 Å². The second kappa shape index (κ2) is 6.71. The van der Waals surface area contributed by atoms with Crippen LogP contribution in [0.4, 0.5) is 5.82 Å². The van der Waals surface area contributed by atoms with E-state index in [4.69, 9.17) is 10.5 Å². The molecule has 1 aliphatic carbocycles. The Hall–Kier alpha value is -1.24. The molecule has 6 heteroatoms. The molecule has 1 fully saturated rings. The third-order valence-electron chi connectivity index (χ3n) is 5.01. The van der Waals surface area contributed by atoms with Crippen molar-refractivity contribution < 1.29 is 9.30 Å².